The minimum Gasteiger partial charge on any atom is -0.357 e. The van der Waals surface area contributed by atoms with Crippen LogP contribution in [-0.2, 0) is 0 Å². The molecule has 0 saturated carbocycles. The van der Waals surface area contributed by atoms with Gasteiger partial charge in [-0.3, -0.25) is 0 Å². The topological polar surface area (TPSA) is 41.1 Å². The summed E-state index contributed by atoms with van der Waals surface area (Å²) in [6.45, 7) is 5.70. The molecule has 0 fully saturated rings. The van der Waals surface area contributed by atoms with Gasteiger partial charge in [-0.25, -0.2) is 13.8 Å². The zero-order chi connectivity index (χ0) is 18.5. The van der Waals surface area contributed by atoms with Crippen molar-refractivity contribution in [1.82, 2.24) is 9.97 Å². The highest BCUT2D eigenvalue weighted by Gasteiger charge is 2.12. The first-order valence-electron chi connectivity index (χ1n) is 8.52. The molecule has 0 amide bonds. The van der Waals surface area contributed by atoms with Crippen molar-refractivity contribution in [3.8, 4) is 11.3 Å². The Morgan fingerprint density at radius 2 is 1.62 bits per heavy atom. The third kappa shape index (κ3) is 3.96. The van der Waals surface area contributed by atoms with Crippen LogP contribution in [0, 0.1) is 11.6 Å². The summed E-state index contributed by atoms with van der Waals surface area (Å²) in [7, 11) is 0. The first-order valence-corrected chi connectivity index (χ1v) is 8.52. The second kappa shape index (κ2) is 7.91. The van der Waals surface area contributed by atoms with Gasteiger partial charge in [0.2, 0.25) is 5.95 Å². The molecule has 26 heavy (non-hydrogen) atoms. The lowest BCUT2D eigenvalue weighted by Gasteiger charge is -2.21. The minimum atomic E-state index is -0.918. The van der Waals surface area contributed by atoms with Gasteiger partial charge in [0.25, 0.3) is 0 Å². The van der Waals surface area contributed by atoms with E-state index >= 15 is 0 Å². The molecule has 0 aliphatic rings. The molecule has 6 heteroatoms. The maximum Gasteiger partial charge on any atom is 0.229 e. The van der Waals surface area contributed by atoms with E-state index in [0.29, 0.717) is 11.6 Å². The predicted octanol–water partition coefficient (Wildman–Crippen LogP) is 5.01. The highest BCUT2D eigenvalue weighted by Crippen LogP contribution is 2.25. The average molecular weight is 354 g/mol. The standard InChI is InChI=1S/C20H20F2N4/c1-3-26(4-2)19-13-18(14-8-6-5-7-9-14)24-20(25-19)23-15-10-11-16(21)17(22)12-15/h5-13H,3-4H2,1-2H3,(H,23,24,25). The highest BCUT2D eigenvalue weighted by atomic mass is 19.2. The molecule has 0 unspecified atom stereocenters. The Kier molecular flexibility index (Phi) is 5.41. The van der Waals surface area contributed by atoms with Crippen LogP contribution in [0.3, 0.4) is 0 Å². The fourth-order valence-electron chi connectivity index (χ4n) is 2.66. The van der Waals surface area contributed by atoms with Crippen LogP contribution in [0.5, 0.6) is 0 Å². The maximum absolute atomic E-state index is 13.5. The van der Waals surface area contributed by atoms with Crippen molar-refractivity contribution >= 4 is 17.5 Å². The average Bonchev–Trinajstić information content (AvgIpc) is 2.66. The van der Waals surface area contributed by atoms with Gasteiger partial charge in [0, 0.05) is 36.5 Å². The van der Waals surface area contributed by atoms with Gasteiger partial charge < -0.3 is 10.2 Å². The number of halogens is 2. The normalized spacial score (nSPS) is 10.6. The van der Waals surface area contributed by atoms with Gasteiger partial charge in [0.1, 0.15) is 5.82 Å². The van der Waals surface area contributed by atoms with Crippen molar-refractivity contribution in [2.75, 3.05) is 23.3 Å². The third-order valence-electron chi connectivity index (χ3n) is 4.05. The highest BCUT2D eigenvalue weighted by molar-refractivity contribution is 5.66. The van der Waals surface area contributed by atoms with Crippen molar-refractivity contribution in [2.45, 2.75) is 13.8 Å². The summed E-state index contributed by atoms with van der Waals surface area (Å²) in [5.41, 5.74) is 2.10. The fraction of sp³-hybridized carbons (Fsp3) is 0.200. The zero-order valence-corrected chi connectivity index (χ0v) is 14.7. The van der Waals surface area contributed by atoms with E-state index < -0.39 is 11.6 Å². The zero-order valence-electron chi connectivity index (χ0n) is 14.7. The van der Waals surface area contributed by atoms with E-state index in [4.69, 9.17) is 0 Å². The summed E-state index contributed by atoms with van der Waals surface area (Å²) in [6.07, 6.45) is 0. The molecule has 3 rings (SSSR count). The molecule has 0 saturated heterocycles. The molecular weight excluding hydrogens is 334 g/mol. The van der Waals surface area contributed by atoms with Crippen molar-refractivity contribution in [3.05, 3.63) is 66.2 Å². The van der Waals surface area contributed by atoms with Crippen LogP contribution in [0.15, 0.2) is 54.6 Å². The molecule has 4 nitrogen and oxygen atoms in total. The van der Waals surface area contributed by atoms with E-state index in [1.54, 1.807) is 0 Å². The monoisotopic (exact) mass is 354 g/mol. The number of nitrogens with one attached hydrogen (secondary N) is 1. The van der Waals surface area contributed by atoms with E-state index in [9.17, 15) is 8.78 Å². The largest absolute Gasteiger partial charge is 0.357 e. The van der Waals surface area contributed by atoms with Gasteiger partial charge in [-0.05, 0) is 26.0 Å². The molecule has 134 valence electrons. The number of benzene rings is 2. The number of anilines is 3. The van der Waals surface area contributed by atoms with Crippen LogP contribution in [0.4, 0.5) is 26.2 Å². The molecule has 0 radical (unpaired) electrons. The van der Waals surface area contributed by atoms with Crippen LogP contribution < -0.4 is 10.2 Å². The van der Waals surface area contributed by atoms with E-state index in [1.807, 2.05) is 36.4 Å². The number of aromatic nitrogens is 2. The number of hydrogen-bond acceptors (Lipinski definition) is 4. The molecule has 3 aromatic rings. The molecule has 1 N–H and O–H groups in total. The molecule has 0 aliphatic carbocycles. The second-order valence-electron chi connectivity index (χ2n) is 5.73. The Hall–Kier alpha value is -3.02. The van der Waals surface area contributed by atoms with Crippen molar-refractivity contribution in [2.24, 2.45) is 0 Å². The van der Waals surface area contributed by atoms with Crippen LogP contribution in [0.1, 0.15) is 13.8 Å². The van der Waals surface area contributed by atoms with E-state index in [1.165, 1.54) is 6.07 Å². The summed E-state index contributed by atoms with van der Waals surface area (Å²) in [4.78, 5) is 11.2. The van der Waals surface area contributed by atoms with E-state index in [2.05, 4.69) is 34.0 Å². The van der Waals surface area contributed by atoms with Gasteiger partial charge in [0.05, 0.1) is 5.69 Å². The maximum atomic E-state index is 13.5. The molecule has 0 atom stereocenters. The van der Waals surface area contributed by atoms with Crippen molar-refractivity contribution < 1.29 is 8.78 Å². The lowest BCUT2D eigenvalue weighted by atomic mass is 10.1. The van der Waals surface area contributed by atoms with Gasteiger partial charge in [0.15, 0.2) is 11.6 Å². The quantitative estimate of drug-likeness (QED) is 0.675. The van der Waals surface area contributed by atoms with Gasteiger partial charge in [-0.2, -0.15) is 4.98 Å². The molecule has 1 aromatic heterocycles. The first kappa shape index (κ1) is 17.8. The lowest BCUT2D eigenvalue weighted by Crippen LogP contribution is -2.23. The summed E-state index contributed by atoms with van der Waals surface area (Å²) in [5, 5.41) is 2.97. The molecule has 0 bridgehead atoms. The Morgan fingerprint density at radius 1 is 0.885 bits per heavy atom. The number of hydrogen-bond donors (Lipinski definition) is 1. The van der Waals surface area contributed by atoms with Crippen molar-refractivity contribution in [3.63, 3.8) is 0 Å². The van der Waals surface area contributed by atoms with Crippen LogP contribution in [-0.4, -0.2) is 23.1 Å². The minimum absolute atomic E-state index is 0.333. The van der Waals surface area contributed by atoms with Crippen molar-refractivity contribution in [1.29, 1.82) is 0 Å². The van der Waals surface area contributed by atoms with Gasteiger partial charge in [-0.15, -0.1) is 0 Å². The first-order chi connectivity index (χ1) is 12.6. The fourth-order valence-corrected chi connectivity index (χ4v) is 2.66. The van der Waals surface area contributed by atoms with Crippen LogP contribution in [0.2, 0.25) is 0 Å². The van der Waals surface area contributed by atoms with Crippen LogP contribution in [0.25, 0.3) is 11.3 Å². The third-order valence-corrected chi connectivity index (χ3v) is 4.05. The van der Waals surface area contributed by atoms with E-state index in [0.717, 1.165) is 42.3 Å². The second-order valence-corrected chi connectivity index (χ2v) is 5.73. The van der Waals surface area contributed by atoms with E-state index in [-0.39, 0.29) is 0 Å². The summed E-state index contributed by atoms with van der Waals surface area (Å²) >= 11 is 0. The SMILES string of the molecule is CCN(CC)c1cc(-c2ccccc2)nc(Nc2ccc(F)c(F)c2)n1. The molecule has 2 aromatic carbocycles. The molecule has 0 aliphatic heterocycles. The summed E-state index contributed by atoms with van der Waals surface area (Å²) in [5.74, 6) is -0.704. The Balaban J connectivity index is 2.02. The Morgan fingerprint density at radius 3 is 2.27 bits per heavy atom. The summed E-state index contributed by atoms with van der Waals surface area (Å²) in [6, 6.07) is 15.3. The Bertz CT molecular complexity index is 880. The molecule has 1 heterocycles. The summed E-state index contributed by atoms with van der Waals surface area (Å²) < 4.78 is 26.6. The molecular formula is C20H20F2N4. The predicted molar refractivity (Wildman–Crippen MR) is 101 cm³/mol. The molecule has 0 spiro atoms. The lowest BCUT2D eigenvalue weighted by molar-refractivity contribution is 0.509. The Labute approximate surface area is 151 Å². The smallest absolute Gasteiger partial charge is 0.229 e. The van der Waals surface area contributed by atoms with Gasteiger partial charge >= 0.3 is 0 Å². The number of rotatable bonds is 6. The number of nitrogens with zero attached hydrogens (tertiary/aromatic N) is 3. The van der Waals surface area contributed by atoms with Gasteiger partial charge in [-0.1, -0.05) is 30.3 Å². The van der Waals surface area contributed by atoms with Crippen LogP contribution >= 0.6 is 0 Å².